The number of piperidine rings is 1. The summed E-state index contributed by atoms with van der Waals surface area (Å²) in [4.78, 5) is 12.6. The predicted octanol–water partition coefficient (Wildman–Crippen LogP) is 3.21. The molecule has 1 unspecified atom stereocenters. The number of carbonyl (C=O) groups excluding carboxylic acids is 1. The molecule has 0 radical (unpaired) electrons. The van der Waals surface area contributed by atoms with Crippen molar-refractivity contribution in [3.05, 3.63) is 42.0 Å². The van der Waals surface area contributed by atoms with Crippen LogP contribution in [0, 0.1) is 0 Å². The maximum absolute atomic E-state index is 13.3. The van der Waals surface area contributed by atoms with Crippen LogP contribution < -0.4 is 18.9 Å². The summed E-state index contributed by atoms with van der Waals surface area (Å²) in [5.74, 6) is 0.835. The minimum Gasteiger partial charge on any atom is -0.495 e. The molecule has 160 valence electrons. The molecule has 1 atom stereocenters. The molecule has 0 saturated carbocycles. The van der Waals surface area contributed by atoms with Gasteiger partial charge in [-0.15, -0.1) is 0 Å². The van der Waals surface area contributed by atoms with Crippen molar-refractivity contribution in [2.75, 3.05) is 20.4 Å². The topological polar surface area (TPSA) is 91.4 Å². The molecule has 8 nitrogen and oxygen atoms in total. The highest BCUT2D eigenvalue weighted by Crippen LogP contribution is 2.36. The smallest absolute Gasteiger partial charge is 0.343 e. The SMILES string of the molecule is COc1ccc(C(=O)Oc2ccc3c(c2)OCO3)cc1S(=O)(=O)N1CCCCC1C. The Bertz CT molecular complexity index is 1070. The summed E-state index contributed by atoms with van der Waals surface area (Å²) < 4.78 is 49.3. The van der Waals surface area contributed by atoms with Crippen molar-refractivity contribution in [2.45, 2.75) is 37.1 Å². The molecular weight excluding hydrogens is 410 g/mol. The second kappa shape index (κ2) is 8.16. The molecule has 2 aromatic rings. The molecule has 2 aliphatic heterocycles. The fourth-order valence-corrected chi connectivity index (χ4v) is 5.55. The molecule has 0 aromatic heterocycles. The van der Waals surface area contributed by atoms with Gasteiger partial charge in [-0.2, -0.15) is 4.31 Å². The zero-order chi connectivity index (χ0) is 21.3. The van der Waals surface area contributed by atoms with Crippen molar-refractivity contribution in [1.29, 1.82) is 0 Å². The lowest BCUT2D eigenvalue weighted by Crippen LogP contribution is -2.42. The predicted molar refractivity (Wildman–Crippen MR) is 108 cm³/mol. The number of rotatable bonds is 5. The molecule has 2 aromatic carbocycles. The molecule has 0 N–H and O–H groups in total. The van der Waals surface area contributed by atoms with Crippen molar-refractivity contribution in [3.8, 4) is 23.0 Å². The Kier molecular flexibility index (Phi) is 5.57. The van der Waals surface area contributed by atoms with Crippen molar-refractivity contribution in [3.63, 3.8) is 0 Å². The second-order valence-electron chi connectivity index (χ2n) is 7.23. The van der Waals surface area contributed by atoms with Gasteiger partial charge < -0.3 is 18.9 Å². The van der Waals surface area contributed by atoms with Crippen LogP contribution in [0.25, 0.3) is 0 Å². The number of hydrogen-bond acceptors (Lipinski definition) is 7. The maximum atomic E-state index is 13.3. The highest BCUT2D eigenvalue weighted by molar-refractivity contribution is 7.89. The Balaban J connectivity index is 1.63. The van der Waals surface area contributed by atoms with E-state index in [4.69, 9.17) is 18.9 Å². The number of sulfonamides is 1. The van der Waals surface area contributed by atoms with E-state index in [9.17, 15) is 13.2 Å². The van der Waals surface area contributed by atoms with Gasteiger partial charge in [0, 0.05) is 18.7 Å². The summed E-state index contributed by atoms with van der Waals surface area (Å²) in [7, 11) is -2.43. The van der Waals surface area contributed by atoms with Gasteiger partial charge in [-0.05, 0) is 50.1 Å². The van der Waals surface area contributed by atoms with E-state index in [1.165, 1.54) is 29.6 Å². The van der Waals surface area contributed by atoms with Crippen molar-refractivity contribution in [2.24, 2.45) is 0 Å². The zero-order valence-corrected chi connectivity index (χ0v) is 17.6. The Labute approximate surface area is 175 Å². The van der Waals surface area contributed by atoms with Gasteiger partial charge >= 0.3 is 5.97 Å². The number of fused-ring (bicyclic) bond motifs is 1. The minimum absolute atomic E-state index is 0.0427. The summed E-state index contributed by atoms with van der Waals surface area (Å²) >= 11 is 0. The Morgan fingerprint density at radius 1 is 1.10 bits per heavy atom. The third-order valence-electron chi connectivity index (χ3n) is 5.28. The van der Waals surface area contributed by atoms with E-state index in [0.717, 1.165) is 19.3 Å². The van der Waals surface area contributed by atoms with Gasteiger partial charge in [-0.1, -0.05) is 6.42 Å². The summed E-state index contributed by atoms with van der Waals surface area (Å²) in [6.45, 7) is 2.45. The summed E-state index contributed by atoms with van der Waals surface area (Å²) in [6.07, 6.45) is 2.59. The van der Waals surface area contributed by atoms with E-state index in [1.807, 2.05) is 6.92 Å². The van der Waals surface area contributed by atoms with E-state index in [1.54, 1.807) is 18.2 Å². The number of esters is 1. The van der Waals surface area contributed by atoms with E-state index < -0.39 is 16.0 Å². The third kappa shape index (κ3) is 3.82. The number of hydrogen-bond donors (Lipinski definition) is 0. The van der Waals surface area contributed by atoms with Gasteiger partial charge in [-0.3, -0.25) is 0 Å². The molecule has 1 fully saturated rings. The molecular formula is C21H23NO7S. The Morgan fingerprint density at radius 3 is 2.67 bits per heavy atom. The highest BCUT2D eigenvalue weighted by atomic mass is 32.2. The van der Waals surface area contributed by atoms with E-state index in [-0.39, 0.29) is 34.8 Å². The van der Waals surface area contributed by atoms with Gasteiger partial charge in [0.1, 0.15) is 16.4 Å². The summed E-state index contributed by atoms with van der Waals surface area (Å²) in [5.41, 5.74) is 0.108. The number of methoxy groups -OCH3 is 1. The zero-order valence-electron chi connectivity index (χ0n) is 16.8. The lowest BCUT2D eigenvalue weighted by atomic mass is 10.1. The monoisotopic (exact) mass is 433 g/mol. The van der Waals surface area contributed by atoms with Crippen LogP contribution in [-0.2, 0) is 10.0 Å². The summed E-state index contributed by atoms with van der Waals surface area (Å²) in [5, 5.41) is 0. The van der Waals surface area contributed by atoms with Gasteiger partial charge in [0.2, 0.25) is 16.8 Å². The van der Waals surface area contributed by atoms with Gasteiger partial charge in [0.05, 0.1) is 12.7 Å². The van der Waals surface area contributed by atoms with Crippen LogP contribution in [0.4, 0.5) is 0 Å². The Morgan fingerprint density at radius 2 is 1.90 bits per heavy atom. The first-order chi connectivity index (χ1) is 14.4. The molecule has 4 rings (SSSR count). The molecule has 30 heavy (non-hydrogen) atoms. The molecule has 0 bridgehead atoms. The largest absolute Gasteiger partial charge is 0.495 e. The van der Waals surface area contributed by atoms with Crippen molar-refractivity contribution >= 4 is 16.0 Å². The maximum Gasteiger partial charge on any atom is 0.343 e. The first-order valence-corrected chi connectivity index (χ1v) is 11.2. The first-order valence-electron chi connectivity index (χ1n) is 9.72. The number of ether oxygens (including phenoxy) is 4. The van der Waals surface area contributed by atoms with Crippen LogP contribution in [0.3, 0.4) is 0 Å². The van der Waals surface area contributed by atoms with Crippen LogP contribution in [-0.4, -0.2) is 45.2 Å². The quantitative estimate of drug-likeness (QED) is 0.528. The third-order valence-corrected chi connectivity index (χ3v) is 7.32. The number of benzene rings is 2. The first kappa shape index (κ1) is 20.5. The summed E-state index contributed by atoms with van der Waals surface area (Å²) in [6, 6.07) is 8.93. The number of carbonyl (C=O) groups is 1. The lowest BCUT2D eigenvalue weighted by molar-refractivity contribution is 0.0734. The Hall–Kier alpha value is -2.78. The van der Waals surface area contributed by atoms with E-state index in [2.05, 4.69) is 0 Å². The van der Waals surface area contributed by atoms with Crippen LogP contribution in [0.2, 0.25) is 0 Å². The highest BCUT2D eigenvalue weighted by Gasteiger charge is 2.33. The molecule has 2 heterocycles. The number of nitrogens with zero attached hydrogens (tertiary/aromatic N) is 1. The van der Waals surface area contributed by atoms with E-state index in [0.29, 0.717) is 18.0 Å². The van der Waals surface area contributed by atoms with Crippen LogP contribution in [0.5, 0.6) is 23.0 Å². The van der Waals surface area contributed by atoms with Crippen molar-refractivity contribution < 1.29 is 32.2 Å². The van der Waals surface area contributed by atoms with Crippen LogP contribution in [0.1, 0.15) is 36.5 Å². The molecule has 0 spiro atoms. The van der Waals surface area contributed by atoms with Crippen molar-refractivity contribution in [1.82, 2.24) is 4.31 Å². The molecule has 9 heteroatoms. The van der Waals surface area contributed by atoms with Gasteiger partial charge in [0.25, 0.3) is 0 Å². The lowest BCUT2D eigenvalue weighted by Gasteiger charge is -2.32. The van der Waals surface area contributed by atoms with Crippen LogP contribution >= 0.6 is 0 Å². The molecule has 2 aliphatic rings. The minimum atomic E-state index is -3.83. The standard InChI is InChI=1S/C21H23NO7S/c1-14-5-3-4-10-22(14)30(24,25)20-11-15(6-8-18(20)26-2)21(23)29-16-7-9-17-19(12-16)28-13-27-17/h6-9,11-12,14H,3-5,10,13H2,1-2H3. The van der Waals surface area contributed by atoms with Gasteiger partial charge in [0.15, 0.2) is 11.5 Å². The van der Waals surface area contributed by atoms with Gasteiger partial charge in [-0.25, -0.2) is 13.2 Å². The average Bonchev–Trinajstić information content (AvgIpc) is 3.21. The molecule has 0 aliphatic carbocycles. The average molecular weight is 433 g/mol. The second-order valence-corrected chi connectivity index (χ2v) is 9.09. The molecule has 0 amide bonds. The normalized spacial score (nSPS) is 18.8. The molecule has 1 saturated heterocycles. The fourth-order valence-electron chi connectivity index (χ4n) is 3.67. The van der Waals surface area contributed by atoms with Crippen LogP contribution in [0.15, 0.2) is 41.3 Å². The van der Waals surface area contributed by atoms with E-state index >= 15 is 0 Å². The fraction of sp³-hybridized carbons (Fsp3) is 0.381.